The number of piperidine rings is 1. The topological polar surface area (TPSA) is 98.3 Å². The van der Waals surface area contributed by atoms with Gasteiger partial charge in [-0.1, -0.05) is 0 Å². The van der Waals surface area contributed by atoms with E-state index in [2.05, 4.69) is 70.3 Å². The van der Waals surface area contributed by atoms with Crippen LogP contribution in [0.15, 0.2) is 41.0 Å². The van der Waals surface area contributed by atoms with E-state index in [9.17, 15) is 4.57 Å². The number of aromatic nitrogens is 2. The molecule has 1 atom stereocenters. The molecule has 1 aromatic heterocycles. The van der Waals surface area contributed by atoms with E-state index >= 15 is 0 Å². The van der Waals surface area contributed by atoms with E-state index in [0.29, 0.717) is 58.3 Å². The summed E-state index contributed by atoms with van der Waals surface area (Å²) in [5.41, 5.74) is 3.64. The van der Waals surface area contributed by atoms with Crippen LogP contribution in [0.2, 0.25) is 0 Å². The van der Waals surface area contributed by atoms with Crippen LogP contribution in [0.25, 0.3) is 0 Å². The molecule has 2 N–H and O–H groups in total. The van der Waals surface area contributed by atoms with Crippen molar-refractivity contribution in [2.75, 3.05) is 100 Å². The molecule has 2 saturated heterocycles. The first-order chi connectivity index (χ1) is 21.6. The Morgan fingerprint density at radius 3 is 2.56 bits per heavy atom. The van der Waals surface area contributed by atoms with Crippen LogP contribution in [0.5, 0.6) is 11.5 Å². The third-order valence-corrected chi connectivity index (χ3v) is 11.5. The van der Waals surface area contributed by atoms with Gasteiger partial charge in [-0.3, -0.25) is 4.90 Å². The molecule has 2 fully saturated rings. The largest absolute Gasteiger partial charge is 0.489 e. The van der Waals surface area contributed by atoms with Gasteiger partial charge in [0.1, 0.15) is 31.9 Å². The van der Waals surface area contributed by atoms with Crippen molar-refractivity contribution in [3.63, 3.8) is 0 Å². The first kappa shape index (κ1) is 30.6. The lowest BCUT2D eigenvalue weighted by Crippen LogP contribution is -2.60. The summed E-state index contributed by atoms with van der Waals surface area (Å²) in [5.74, 6) is 2.55. The van der Waals surface area contributed by atoms with Crippen molar-refractivity contribution in [3.8, 4) is 11.5 Å². The van der Waals surface area contributed by atoms with Gasteiger partial charge in [0.2, 0.25) is 5.95 Å². The second kappa shape index (κ2) is 12.3. The summed E-state index contributed by atoms with van der Waals surface area (Å²) in [4.78, 5) is 19.0. The molecule has 7 rings (SSSR count). The molecule has 0 bridgehead atoms. The number of benzene rings is 2. The number of likely N-dealkylation sites (tertiary alicyclic amines) is 1. The maximum atomic E-state index is 13.5. The van der Waals surface area contributed by atoms with E-state index < -0.39 is 7.14 Å². The van der Waals surface area contributed by atoms with E-state index in [1.807, 2.05) is 25.2 Å². The fraction of sp³-hybridized carbons (Fsp3) is 0.500. The van der Waals surface area contributed by atoms with E-state index in [1.165, 1.54) is 25.9 Å². The minimum atomic E-state index is -2.71. The Morgan fingerprint density at radius 2 is 1.76 bits per heavy atom. The molecule has 13 heteroatoms. The maximum Gasteiger partial charge on any atom is 0.229 e. The highest BCUT2D eigenvalue weighted by Crippen LogP contribution is 2.47. The molecule has 2 aromatic carbocycles. The zero-order valence-corrected chi connectivity index (χ0v) is 28.9. The van der Waals surface area contributed by atoms with Crippen molar-refractivity contribution in [1.29, 1.82) is 0 Å². The highest BCUT2D eigenvalue weighted by Gasteiger charge is 2.36. The number of nitrogens with zero attached hydrogens (tertiary/aromatic N) is 6. The molecule has 0 radical (unpaired) electrons. The Labute approximate surface area is 273 Å². The zero-order valence-electron chi connectivity index (χ0n) is 26.4. The van der Waals surface area contributed by atoms with Gasteiger partial charge in [-0.25, -0.2) is 4.98 Å². The van der Waals surface area contributed by atoms with Crippen LogP contribution in [0.4, 0.5) is 34.5 Å². The van der Waals surface area contributed by atoms with E-state index in [1.54, 1.807) is 19.5 Å². The Kier molecular flexibility index (Phi) is 8.35. The van der Waals surface area contributed by atoms with Gasteiger partial charge in [-0.05, 0) is 86.5 Å². The fourth-order valence-corrected chi connectivity index (χ4v) is 8.65. The van der Waals surface area contributed by atoms with Crippen molar-refractivity contribution in [1.82, 2.24) is 19.8 Å². The summed E-state index contributed by atoms with van der Waals surface area (Å²) in [6.07, 6.45) is 4.22. The Hall–Kier alpha value is -3.05. The number of nitrogens with one attached hydrogen (secondary N) is 2. The summed E-state index contributed by atoms with van der Waals surface area (Å²) in [5, 5.41) is 7.44. The molecular formula is C32H42BrN8O3P. The van der Waals surface area contributed by atoms with Gasteiger partial charge in [0.05, 0.1) is 39.4 Å². The smallest absolute Gasteiger partial charge is 0.229 e. The quantitative estimate of drug-likeness (QED) is 0.349. The predicted molar refractivity (Wildman–Crippen MR) is 186 cm³/mol. The number of likely N-dealkylation sites (N-methyl/N-ethyl adjacent to an activating group) is 1. The van der Waals surface area contributed by atoms with Gasteiger partial charge < -0.3 is 39.4 Å². The molecule has 0 spiro atoms. The normalized spacial score (nSPS) is 20.9. The van der Waals surface area contributed by atoms with E-state index in [4.69, 9.17) is 14.5 Å². The molecule has 4 aliphatic rings. The molecule has 0 amide bonds. The van der Waals surface area contributed by atoms with Crippen LogP contribution < -0.4 is 35.2 Å². The average molecular weight is 698 g/mol. The van der Waals surface area contributed by atoms with Gasteiger partial charge in [-0.15, -0.1) is 0 Å². The van der Waals surface area contributed by atoms with Gasteiger partial charge in [0.15, 0.2) is 5.75 Å². The summed E-state index contributed by atoms with van der Waals surface area (Å²) in [6.45, 7) is 11.1. The Balaban J connectivity index is 1.07. The SMILES string of the molecule is CN1CCC(N2CCN3c4ccc(Nc5ncc(Br)c(Nc6ccc7c(c6P(C)(C)=O)OCCN7C)n5)cc4OC[C@H]3C2)CC1. The number of rotatable bonds is 6. The molecule has 5 heterocycles. The molecule has 0 unspecified atom stereocenters. The maximum absolute atomic E-state index is 13.5. The molecule has 0 aliphatic carbocycles. The van der Waals surface area contributed by atoms with Crippen LogP contribution in [-0.4, -0.2) is 112 Å². The first-order valence-electron chi connectivity index (χ1n) is 15.7. The molecular weight excluding hydrogens is 655 g/mol. The van der Waals surface area contributed by atoms with Gasteiger partial charge >= 0.3 is 0 Å². The van der Waals surface area contributed by atoms with Gasteiger partial charge in [-0.2, -0.15) is 4.98 Å². The van der Waals surface area contributed by atoms with Crippen molar-refractivity contribution in [2.24, 2.45) is 0 Å². The lowest BCUT2D eigenvalue weighted by molar-refractivity contribution is 0.0868. The Bertz CT molecular complexity index is 1630. The summed E-state index contributed by atoms with van der Waals surface area (Å²) in [7, 11) is 1.54. The fourth-order valence-electron chi connectivity index (χ4n) is 6.98. The standard InChI is InChI=1S/C32H42BrN8O3P/c1-38-11-9-22(10-12-38)40-13-14-41-23(19-40)20-44-28-17-21(5-7-26(28)41)35-32-34-18-24(33)31(37-32)36-25-6-8-27-29(30(25)45(3,4)42)43-16-15-39(27)2/h5-8,17-18,22-23H,9-16,19-20H2,1-4H3,(H2,34,35,36,37)/t23-/m1/s1. The van der Waals surface area contributed by atoms with Crippen molar-refractivity contribution < 1.29 is 14.0 Å². The summed E-state index contributed by atoms with van der Waals surface area (Å²) >= 11 is 3.59. The van der Waals surface area contributed by atoms with Crippen molar-refractivity contribution in [3.05, 3.63) is 41.0 Å². The third-order valence-electron chi connectivity index (χ3n) is 9.41. The van der Waals surface area contributed by atoms with Crippen LogP contribution in [-0.2, 0) is 4.57 Å². The molecule has 45 heavy (non-hydrogen) atoms. The molecule has 240 valence electrons. The molecule has 3 aromatic rings. The zero-order chi connectivity index (χ0) is 31.3. The number of fused-ring (bicyclic) bond motifs is 4. The monoisotopic (exact) mass is 696 g/mol. The Morgan fingerprint density at radius 1 is 0.956 bits per heavy atom. The minimum Gasteiger partial charge on any atom is -0.489 e. The lowest BCUT2D eigenvalue weighted by atomic mass is 10.00. The highest BCUT2D eigenvalue weighted by atomic mass is 79.9. The van der Waals surface area contributed by atoms with Crippen LogP contribution in [0.3, 0.4) is 0 Å². The van der Waals surface area contributed by atoms with Crippen molar-refractivity contribution in [2.45, 2.75) is 24.9 Å². The van der Waals surface area contributed by atoms with Crippen LogP contribution in [0, 0.1) is 0 Å². The average Bonchev–Trinajstić information content (AvgIpc) is 3.02. The molecule has 0 saturated carbocycles. The molecule has 11 nitrogen and oxygen atoms in total. The number of piperazine rings is 1. The van der Waals surface area contributed by atoms with E-state index in [-0.39, 0.29) is 0 Å². The minimum absolute atomic E-state index is 0.369. The van der Waals surface area contributed by atoms with E-state index in [0.717, 1.165) is 49.0 Å². The van der Waals surface area contributed by atoms with Gasteiger partial charge in [0.25, 0.3) is 0 Å². The van der Waals surface area contributed by atoms with Crippen LogP contribution in [0.1, 0.15) is 12.8 Å². The number of ether oxygens (including phenoxy) is 2. The highest BCUT2D eigenvalue weighted by molar-refractivity contribution is 9.10. The number of hydrogen-bond donors (Lipinski definition) is 2. The molecule has 4 aliphatic heterocycles. The third kappa shape index (κ3) is 6.22. The van der Waals surface area contributed by atoms with Gasteiger partial charge in [0, 0.05) is 50.7 Å². The number of hydrogen-bond acceptors (Lipinski definition) is 11. The lowest BCUT2D eigenvalue weighted by Gasteiger charge is -2.48. The predicted octanol–water partition coefficient (Wildman–Crippen LogP) is 4.78. The summed E-state index contributed by atoms with van der Waals surface area (Å²) in [6, 6.07) is 11.2. The second-order valence-corrected chi connectivity index (χ2v) is 16.9. The summed E-state index contributed by atoms with van der Waals surface area (Å²) < 4.78 is 26.6. The van der Waals surface area contributed by atoms with Crippen LogP contribution >= 0.6 is 23.1 Å². The number of anilines is 6. The van der Waals surface area contributed by atoms with Crippen molar-refractivity contribution >= 4 is 62.9 Å². The first-order valence-corrected chi connectivity index (χ1v) is 19.1. The second-order valence-electron chi connectivity index (χ2n) is 12.9. The number of halogens is 1.